The van der Waals surface area contributed by atoms with Gasteiger partial charge in [0.2, 0.25) is 5.91 Å². The highest BCUT2D eigenvalue weighted by molar-refractivity contribution is 5.96. The van der Waals surface area contributed by atoms with E-state index in [1.54, 1.807) is 0 Å². The van der Waals surface area contributed by atoms with Crippen molar-refractivity contribution in [1.82, 2.24) is 5.32 Å². The molecule has 1 aromatic rings. The van der Waals surface area contributed by atoms with Crippen LogP contribution in [0.2, 0.25) is 0 Å². The van der Waals surface area contributed by atoms with Crippen molar-refractivity contribution in [3.05, 3.63) is 23.8 Å². The van der Waals surface area contributed by atoms with Crippen LogP contribution >= 0.6 is 0 Å². The molecular weight excluding hydrogens is 252 g/mol. The Morgan fingerprint density at radius 1 is 1.50 bits per heavy atom. The number of ether oxygens (including phenoxy) is 1. The molecule has 0 radical (unpaired) electrons. The minimum absolute atomic E-state index is 0.0627. The molecule has 4 heteroatoms. The van der Waals surface area contributed by atoms with E-state index in [2.05, 4.69) is 17.6 Å². The van der Waals surface area contributed by atoms with Crippen LogP contribution < -0.4 is 15.4 Å². The van der Waals surface area contributed by atoms with Crippen molar-refractivity contribution in [2.75, 3.05) is 25.0 Å². The van der Waals surface area contributed by atoms with Crippen LogP contribution in [0.25, 0.3) is 0 Å². The van der Waals surface area contributed by atoms with E-state index >= 15 is 0 Å². The Balaban J connectivity index is 2.13. The van der Waals surface area contributed by atoms with E-state index in [1.165, 1.54) is 0 Å². The standard InChI is InChI=1S/C16H24N2O2/c1-4-9-20-14-10-12(2)5-6-13(14)18-15(19)16(3)7-8-17-11-16/h5-6,10,17H,4,7-9,11H2,1-3H3,(H,18,19). The van der Waals surface area contributed by atoms with Crippen molar-refractivity contribution in [2.45, 2.75) is 33.6 Å². The van der Waals surface area contributed by atoms with Crippen molar-refractivity contribution >= 4 is 11.6 Å². The number of nitrogens with one attached hydrogen (secondary N) is 2. The Morgan fingerprint density at radius 2 is 2.30 bits per heavy atom. The summed E-state index contributed by atoms with van der Waals surface area (Å²) < 4.78 is 5.73. The predicted molar refractivity (Wildman–Crippen MR) is 81.2 cm³/mol. The van der Waals surface area contributed by atoms with Gasteiger partial charge in [-0.05, 0) is 50.9 Å². The molecule has 2 N–H and O–H groups in total. The van der Waals surface area contributed by atoms with Gasteiger partial charge in [-0.15, -0.1) is 0 Å². The van der Waals surface area contributed by atoms with E-state index in [-0.39, 0.29) is 11.3 Å². The highest BCUT2D eigenvalue weighted by atomic mass is 16.5. The molecule has 20 heavy (non-hydrogen) atoms. The summed E-state index contributed by atoms with van der Waals surface area (Å²) in [6, 6.07) is 5.88. The van der Waals surface area contributed by atoms with Gasteiger partial charge in [-0.1, -0.05) is 13.0 Å². The van der Waals surface area contributed by atoms with E-state index in [0.717, 1.165) is 42.9 Å². The number of benzene rings is 1. The molecule has 1 heterocycles. The minimum atomic E-state index is -0.326. The van der Waals surface area contributed by atoms with Crippen LogP contribution in [0, 0.1) is 12.3 Å². The third-order valence-electron chi connectivity index (χ3n) is 3.76. The van der Waals surface area contributed by atoms with Gasteiger partial charge in [0.05, 0.1) is 17.7 Å². The first-order valence-electron chi connectivity index (χ1n) is 7.31. The fourth-order valence-electron chi connectivity index (χ4n) is 2.35. The van der Waals surface area contributed by atoms with Gasteiger partial charge in [0, 0.05) is 6.54 Å². The Morgan fingerprint density at radius 3 is 2.95 bits per heavy atom. The van der Waals surface area contributed by atoms with Gasteiger partial charge in [-0.3, -0.25) is 4.79 Å². The zero-order chi connectivity index (χ0) is 14.6. The Labute approximate surface area is 120 Å². The van der Waals surface area contributed by atoms with E-state index in [9.17, 15) is 4.79 Å². The maximum absolute atomic E-state index is 12.4. The van der Waals surface area contributed by atoms with E-state index in [0.29, 0.717) is 6.61 Å². The zero-order valence-electron chi connectivity index (χ0n) is 12.6. The normalized spacial score (nSPS) is 21.8. The highest BCUT2D eigenvalue weighted by Gasteiger charge is 2.36. The molecule has 0 aliphatic carbocycles. The molecule has 110 valence electrons. The maximum atomic E-state index is 12.4. The Bertz CT molecular complexity index is 479. The van der Waals surface area contributed by atoms with Crippen molar-refractivity contribution in [3.8, 4) is 5.75 Å². The molecule has 1 fully saturated rings. The van der Waals surface area contributed by atoms with E-state index in [4.69, 9.17) is 4.74 Å². The fourth-order valence-corrected chi connectivity index (χ4v) is 2.35. The molecule has 2 rings (SSSR count). The number of carbonyl (C=O) groups excluding carboxylic acids is 1. The molecule has 0 aromatic heterocycles. The van der Waals surface area contributed by atoms with Gasteiger partial charge in [0.25, 0.3) is 0 Å². The van der Waals surface area contributed by atoms with Crippen LogP contribution in [0.1, 0.15) is 32.3 Å². The van der Waals surface area contributed by atoms with E-state index < -0.39 is 0 Å². The smallest absolute Gasteiger partial charge is 0.231 e. The molecule has 1 aromatic carbocycles. The number of aryl methyl sites for hydroxylation is 1. The van der Waals surface area contributed by atoms with Gasteiger partial charge < -0.3 is 15.4 Å². The fraction of sp³-hybridized carbons (Fsp3) is 0.562. The average molecular weight is 276 g/mol. The maximum Gasteiger partial charge on any atom is 0.231 e. The molecule has 4 nitrogen and oxygen atoms in total. The lowest BCUT2D eigenvalue weighted by atomic mass is 9.88. The third-order valence-corrected chi connectivity index (χ3v) is 3.76. The second-order valence-corrected chi connectivity index (χ2v) is 5.79. The van der Waals surface area contributed by atoms with Crippen LogP contribution in [0.4, 0.5) is 5.69 Å². The summed E-state index contributed by atoms with van der Waals surface area (Å²) in [6.45, 7) is 8.38. The summed E-state index contributed by atoms with van der Waals surface area (Å²) in [5.74, 6) is 0.822. The molecule has 1 aliphatic heterocycles. The predicted octanol–water partition coefficient (Wildman–Crippen LogP) is 2.72. The second-order valence-electron chi connectivity index (χ2n) is 5.79. The number of hydrogen-bond acceptors (Lipinski definition) is 3. The summed E-state index contributed by atoms with van der Waals surface area (Å²) in [6.07, 6.45) is 1.82. The number of rotatable bonds is 5. The number of amides is 1. The lowest BCUT2D eigenvalue weighted by Crippen LogP contribution is -2.35. The first-order chi connectivity index (χ1) is 9.55. The molecule has 1 aliphatic rings. The van der Waals surface area contributed by atoms with Crippen LogP contribution in [-0.2, 0) is 4.79 Å². The monoisotopic (exact) mass is 276 g/mol. The van der Waals surface area contributed by atoms with Crippen molar-refractivity contribution in [3.63, 3.8) is 0 Å². The lowest BCUT2D eigenvalue weighted by Gasteiger charge is -2.22. The molecule has 1 amide bonds. The first-order valence-corrected chi connectivity index (χ1v) is 7.31. The lowest BCUT2D eigenvalue weighted by molar-refractivity contribution is -0.123. The van der Waals surface area contributed by atoms with Crippen molar-refractivity contribution in [2.24, 2.45) is 5.41 Å². The summed E-state index contributed by atoms with van der Waals surface area (Å²) in [5, 5.41) is 6.27. The summed E-state index contributed by atoms with van der Waals surface area (Å²) in [4.78, 5) is 12.4. The highest BCUT2D eigenvalue weighted by Crippen LogP contribution is 2.30. The minimum Gasteiger partial charge on any atom is -0.491 e. The van der Waals surface area contributed by atoms with Crippen LogP contribution in [0.3, 0.4) is 0 Å². The first kappa shape index (κ1) is 14.9. The Kier molecular flexibility index (Phi) is 4.65. The largest absolute Gasteiger partial charge is 0.491 e. The third kappa shape index (κ3) is 3.31. The summed E-state index contributed by atoms with van der Waals surface area (Å²) in [7, 11) is 0. The SMILES string of the molecule is CCCOc1cc(C)ccc1NC(=O)C1(C)CCNC1. The molecular formula is C16H24N2O2. The molecule has 1 saturated heterocycles. The van der Waals surface area contributed by atoms with E-state index in [1.807, 2.05) is 32.0 Å². The summed E-state index contributed by atoms with van der Waals surface area (Å²) in [5.41, 5.74) is 1.57. The average Bonchev–Trinajstić information content (AvgIpc) is 2.87. The van der Waals surface area contributed by atoms with Crippen LogP contribution in [-0.4, -0.2) is 25.6 Å². The van der Waals surface area contributed by atoms with Gasteiger partial charge in [0.15, 0.2) is 0 Å². The van der Waals surface area contributed by atoms with Gasteiger partial charge in [-0.2, -0.15) is 0 Å². The number of anilines is 1. The molecule has 1 atom stereocenters. The van der Waals surface area contributed by atoms with Gasteiger partial charge in [0.1, 0.15) is 5.75 Å². The van der Waals surface area contributed by atoms with Crippen molar-refractivity contribution in [1.29, 1.82) is 0 Å². The summed E-state index contributed by atoms with van der Waals surface area (Å²) >= 11 is 0. The van der Waals surface area contributed by atoms with Crippen LogP contribution in [0.5, 0.6) is 5.75 Å². The van der Waals surface area contributed by atoms with Gasteiger partial charge in [-0.25, -0.2) is 0 Å². The van der Waals surface area contributed by atoms with Crippen LogP contribution in [0.15, 0.2) is 18.2 Å². The number of hydrogen-bond donors (Lipinski definition) is 2. The number of carbonyl (C=O) groups is 1. The second kappa shape index (κ2) is 6.27. The Hall–Kier alpha value is -1.55. The van der Waals surface area contributed by atoms with Gasteiger partial charge >= 0.3 is 0 Å². The zero-order valence-corrected chi connectivity index (χ0v) is 12.6. The quantitative estimate of drug-likeness (QED) is 0.869. The van der Waals surface area contributed by atoms with Crippen molar-refractivity contribution < 1.29 is 9.53 Å². The topological polar surface area (TPSA) is 50.4 Å². The molecule has 0 spiro atoms. The molecule has 0 saturated carbocycles. The molecule has 1 unspecified atom stereocenters. The molecule has 0 bridgehead atoms.